The molecule has 0 amide bonds. The SMILES string of the molecule is CN(C)c1nc(NN)nc(NCCC2CCCCC2)n1. The third-order valence-electron chi connectivity index (χ3n) is 3.71. The topological polar surface area (TPSA) is 92.0 Å². The first-order chi connectivity index (χ1) is 9.69. The number of hydrogen-bond acceptors (Lipinski definition) is 7. The minimum atomic E-state index is 0.379. The Hall–Kier alpha value is -1.63. The molecule has 1 heterocycles. The van der Waals surface area contributed by atoms with E-state index in [9.17, 15) is 0 Å². The van der Waals surface area contributed by atoms with Crippen LogP contribution in [0.2, 0.25) is 0 Å². The van der Waals surface area contributed by atoms with E-state index in [1.165, 1.54) is 38.5 Å². The van der Waals surface area contributed by atoms with Crippen molar-refractivity contribution in [2.75, 3.05) is 36.3 Å². The molecule has 0 saturated heterocycles. The van der Waals surface area contributed by atoms with E-state index < -0.39 is 0 Å². The van der Waals surface area contributed by atoms with Gasteiger partial charge in [0.1, 0.15) is 0 Å². The summed E-state index contributed by atoms with van der Waals surface area (Å²) in [6.45, 7) is 0.894. The highest BCUT2D eigenvalue weighted by molar-refractivity contribution is 5.42. The van der Waals surface area contributed by atoms with Gasteiger partial charge < -0.3 is 10.2 Å². The standard InChI is InChI=1S/C13H25N7/c1-20(2)13-17-11(16-12(18-13)19-14)15-9-8-10-6-4-3-5-7-10/h10H,3-9,14H2,1-2H3,(H2,15,16,17,18,19). The fourth-order valence-electron chi connectivity index (χ4n) is 2.57. The van der Waals surface area contributed by atoms with Gasteiger partial charge in [-0.15, -0.1) is 0 Å². The quantitative estimate of drug-likeness (QED) is 0.538. The molecule has 1 aromatic rings. The summed E-state index contributed by atoms with van der Waals surface area (Å²) in [5.74, 6) is 7.78. The predicted molar refractivity (Wildman–Crippen MR) is 81.6 cm³/mol. The van der Waals surface area contributed by atoms with E-state index in [4.69, 9.17) is 5.84 Å². The van der Waals surface area contributed by atoms with Crippen molar-refractivity contribution in [3.8, 4) is 0 Å². The maximum absolute atomic E-state index is 5.38. The van der Waals surface area contributed by atoms with Gasteiger partial charge in [0.25, 0.3) is 0 Å². The van der Waals surface area contributed by atoms with E-state index in [0.29, 0.717) is 17.8 Å². The number of aromatic nitrogens is 3. The van der Waals surface area contributed by atoms with Gasteiger partial charge in [0.05, 0.1) is 0 Å². The van der Waals surface area contributed by atoms with Crippen molar-refractivity contribution < 1.29 is 0 Å². The minimum Gasteiger partial charge on any atom is -0.354 e. The van der Waals surface area contributed by atoms with Gasteiger partial charge in [0, 0.05) is 20.6 Å². The zero-order chi connectivity index (χ0) is 14.4. The molecule has 1 saturated carbocycles. The molecule has 0 spiro atoms. The molecule has 0 aliphatic heterocycles. The van der Waals surface area contributed by atoms with Crippen molar-refractivity contribution in [2.45, 2.75) is 38.5 Å². The van der Waals surface area contributed by atoms with Crippen LogP contribution in [-0.4, -0.2) is 35.6 Å². The molecular formula is C13H25N7. The Bertz CT molecular complexity index is 415. The average molecular weight is 279 g/mol. The van der Waals surface area contributed by atoms with Crippen LogP contribution in [0.4, 0.5) is 17.8 Å². The van der Waals surface area contributed by atoms with Gasteiger partial charge >= 0.3 is 0 Å². The molecule has 1 aliphatic rings. The zero-order valence-corrected chi connectivity index (χ0v) is 12.4. The van der Waals surface area contributed by atoms with Crippen LogP contribution < -0.4 is 21.5 Å². The molecule has 0 aromatic carbocycles. The van der Waals surface area contributed by atoms with Crippen molar-refractivity contribution in [1.29, 1.82) is 0 Å². The van der Waals surface area contributed by atoms with Gasteiger partial charge in [-0.2, -0.15) is 15.0 Å². The Balaban J connectivity index is 1.89. The first kappa shape index (κ1) is 14.8. The molecule has 0 bridgehead atoms. The molecule has 1 aliphatic carbocycles. The van der Waals surface area contributed by atoms with E-state index in [1.54, 1.807) is 0 Å². The number of anilines is 3. The van der Waals surface area contributed by atoms with Crippen LogP contribution in [0.15, 0.2) is 0 Å². The Morgan fingerprint density at radius 1 is 1.10 bits per heavy atom. The second-order valence-corrected chi connectivity index (χ2v) is 5.54. The summed E-state index contributed by atoms with van der Waals surface area (Å²) in [6.07, 6.45) is 8.04. The third kappa shape index (κ3) is 4.19. The molecule has 7 heteroatoms. The van der Waals surface area contributed by atoms with Gasteiger partial charge in [-0.05, 0) is 12.3 Å². The van der Waals surface area contributed by atoms with E-state index in [-0.39, 0.29) is 0 Å². The summed E-state index contributed by atoms with van der Waals surface area (Å²) in [5, 5.41) is 3.28. The van der Waals surface area contributed by atoms with Crippen LogP contribution in [0.3, 0.4) is 0 Å². The van der Waals surface area contributed by atoms with E-state index >= 15 is 0 Å². The van der Waals surface area contributed by atoms with Crippen molar-refractivity contribution in [1.82, 2.24) is 15.0 Å². The average Bonchev–Trinajstić information content (AvgIpc) is 2.48. The van der Waals surface area contributed by atoms with Gasteiger partial charge in [-0.1, -0.05) is 32.1 Å². The molecule has 0 atom stereocenters. The lowest BCUT2D eigenvalue weighted by atomic mass is 9.87. The van der Waals surface area contributed by atoms with Crippen LogP contribution in [-0.2, 0) is 0 Å². The monoisotopic (exact) mass is 279 g/mol. The van der Waals surface area contributed by atoms with Gasteiger partial charge in [-0.3, -0.25) is 5.43 Å². The molecule has 2 rings (SSSR count). The number of nitrogen functional groups attached to an aromatic ring is 1. The van der Waals surface area contributed by atoms with E-state index in [0.717, 1.165) is 12.5 Å². The van der Waals surface area contributed by atoms with Crippen molar-refractivity contribution >= 4 is 17.8 Å². The summed E-state index contributed by atoms with van der Waals surface area (Å²) < 4.78 is 0. The maximum atomic E-state index is 5.38. The lowest BCUT2D eigenvalue weighted by molar-refractivity contribution is 0.345. The summed E-state index contributed by atoms with van der Waals surface area (Å²) in [7, 11) is 3.78. The number of hydrazine groups is 1. The molecule has 7 nitrogen and oxygen atoms in total. The smallest absolute Gasteiger partial charge is 0.243 e. The summed E-state index contributed by atoms with van der Waals surface area (Å²) in [4.78, 5) is 14.6. The number of rotatable bonds is 6. The fourth-order valence-corrected chi connectivity index (χ4v) is 2.57. The van der Waals surface area contributed by atoms with Gasteiger partial charge in [0.15, 0.2) is 0 Å². The molecule has 20 heavy (non-hydrogen) atoms. The highest BCUT2D eigenvalue weighted by Gasteiger charge is 2.13. The Morgan fingerprint density at radius 3 is 2.45 bits per heavy atom. The molecule has 0 unspecified atom stereocenters. The zero-order valence-electron chi connectivity index (χ0n) is 12.4. The first-order valence-corrected chi connectivity index (χ1v) is 7.33. The molecular weight excluding hydrogens is 254 g/mol. The molecule has 0 radical (unpaired) electrons. The Labute approximate surface area is 120 Å². The number of nitrogens with two attached hydrogens (primary N) is 1. The maximum Gasteiger partial charge on any atom is 0.243 e. The predicted octanol–water partition coefficient (Wildman–Crippen LogP) is 1.61. The normalized spacial score (nSPS) is 15.9. The molecule has 1 fully saturated rings. The van der Waals surface area contributed by atoms with Crippen LogP contribution >= 0.6 is 0 Å². The van der Waals surface area contributed by atoms with Gasteiger partial charge in [0.2, 0.25) is 17.8 Å². The lowest BCUT2D eigenvalue weighted by Gasteiger charge is -2.21. The largest absolute Gasteiger partial charge is 0.354 e. The highest BCUT2D eigenvalue weighted by atomic mass is 15.4. The van der Waals surface area contributed by atoms with E-state index in [2.05, 4.69) is 25.7 Å². The fraction of sp³-hybridized carbons (Fsp3) is 0.769. The molecule has 112 valence electrons. The highest BCUT2D eigenvalue weighted by Crippen LogP contribution is 2.26. The Morgan fingerprint density at radius 2 is 1.80 bits per heavy atom. The molecule has 1 aromatic heterocycles. The van der Waals surface area contributed by atoms with Crippen molar-refractivity contribution in [3.63, 3.8) is 0 Å². The number of nitrogens with zero attached hydrogens (tertiary/aromatic N) is 4. The van der Waals surface area contributed by atoms with Crippen LogP contribution in [0.1, 0.15) is 38.5 Å². The summed E-state index contributed by atoms with van der Waals surface area (Å²) in [5.41, 5.74) is 2.47. The summed E-state index contributed by atoms with van der Waals surface area (Å²) >= 11 is 0. The Kier molecular flexibility index (Phi) is 5.34. The lowest BCUT2D eigenvalue weighted by Crippen LogP contribution is -2.20. The van der Waals surface area contributed by atoms with Crippen molar-refractivity contribution in [3.05, 3.63) is 0 Å². The summed E-state index contributed by atoms with van der Waals surface area (Å²) in [6, 6.07) is 0. The van der Waals surface area contributed by atoms with E-state index in [1.807, 2.05) is 19.0 Å². The second-order valence-electron chi connectivity index (χ2n) is 5.54. The minimum absolute atomic E-state index is 0.379. The third-order valence-corrected chi connectivity index (χ3v) is 3.71. The molecule has 4 N–H and O–H groups in total. The van der Waals surface area contributed by atoms with Crippen LogP contribution in [0, 0.1) is 5.92 Å². The second kappa shape index (κ2) is 7.23. The van der Waals surface area contributed by atoms with Crippen LogP contribution in [0.5, 0.6) is 0 Å². The van der Waals surface area contributed by atoms with Gasteiger partial charge in [-0.25, -0.2) is 5.84 Å². The van der Waals surface area contributed by atoms with Crippen molar-refractivity contribution in [2.24, 2.45) is 11.8 Å². The first-order valence-electron chi connectivity index (χ1n) is 7.33. The van der Waals surface area contributed by atoms with Crippen LogP contribution in [0.25, 0.3) is 0 Å². The number of nitrogens with one attached hydrogen (secondary N) is 2. The number of hydrogen-bond donors (Lipinski definition) is 3.